The molecule has 0 amide bonds. The Morgan fingerprint density at radius 3 is 2.71 bits per heavy atom. The molecule has 0 unspecified atom stereocenters. The quantitative estimate of drug-likeness (QED) is 0.524. The van der Waals surface area contributed by atoms with E-state index in [1.165, 1.54) is 0 Å². The van der Waals surface area contributed by atoms with Crippen LogP contribution in [-0.4, -0.2) is 30.1 Å². The van der Waals surface area contributed by atoms with Gasteiger partial charge in [0.15, 0.2) is 12.1 Å². The van der Waals surface area contributed by atoms with Crippen LogP contribution < -0.4 is 5.73 Å². The summed E-state index contributed by atoms with van der Waals surface area (Å²) in [4.78, 5) is 13.0. The van der Waals surface area contributed by atoms with Gasteiger partial charge in [0.1, 0.15) is 12.5 Å². The highest BCUT2D eigenvalue weighted by Gasteiger charge is 2.60. The number of benzene rings is 1. The summed E-state index contributed by atoms with van der Waals surface area (Å²) >= 11 is 0. The zero-order valence-corrected chi connectivity index (χ0v) is 10.4. The summed E-state index contributed by atoms with van der Waals surface area (Å²) in [6.07, 6.45) is 0. The van der Waals surface area contributed by atoms with E-state index >= 15 is 0 Å². The first-order chi connectivity index (χ1) is 9.73. The molecule has 1 aliphatic rings. The number of nitro groups is 1. The van der Waals surface area contributed by atoms with Crippen LogP contribution in [-0.2, 0) is 10.3 Å². The summed E-state index contributed by atoms with van der Waals surface area (Å²) in [6, 6.07) is 1.15. The highest BCUT2D eigenvalue weighted by Crippen LogP contribution is 2.45. The number of ether oxygens (including phenoxy) is 1. The molecule has 1 aromatic rings. The zero-order chi connectivity index (χ0) is 15.8. The lowest BCUT2D eigenvalue weighted by Gasteiger charge is -2.38. The minimum absolute atomic E-state index is 0.519. The monoisotopic (exact) mass is 307 g/mol. The van der Waals surface area contributed by atoms with Crippen LogP contribution in [0.1, 0.15) is 5.56 Å². The number of nitrogens with two attached hydrogens (primary N) is 1. The van der Waals surface area contributed by atoms with Crippen molar-refractivity contribution in [1.82, 2.24) is 0 Å². The van der Waals surface area contributed by atoms with Gasteiger partial charge in [-0.1, -0.05) is 0 Å². The molecule has 0 spiro atoms. The maximum atomic E-state index is 14.0. The Balaban J connectivity index is 2.73. The van der Waals surface area contributed by atoms with Gasteiger partial charge in [-0.2, -0.15) is 8.78 Å². The Morgan fingerprint density at radius 1 is 1.48 bits per heavy atom. The third kappa shape index (κ3) is 2.26. The van der Waals surface area contributed by atoms with Crippen molar-refractivity contribution in [3.63, 3.8) is 0 Å². The van der Waals surface area contributed by atoms with Gasteiger partial charge < -0.3 is 10.5 Å². The normalized spacial score (nSPS) is 24.1. The number of hydrogen-bond donors (Lipinski definition) is 1. The van der Waals surface area contributed by atoms with Gasteiger partial charge in [0.2, 0.25) is 0 Å². The molecular weight excluding hydrogens is 298 g/mol. The maximum absolute atomic E-state index is 14.0. The lowest BCUT2D eigenvalue weighted by atomic mass is 9.84. The minimum Gasteiger partial charge on any atom is -0.459 e. The standard InChI is InChI=1S/C11H9F4N3O3/c12-4-10(11(14,15)5-21-9(16)17-10)7-3-6(18(19)20)1-2-8(7)13/h1-3H,4-5H2,(H2,16,17)/t10-/m1/s1. The Morgan fingerprint density at radius 2 is 2.14 bits per heavy atom. The van der Waals surface area contributed by atoms with E-state index in [1.807, 2.05) is 0 Å². The summed E-state index contributed by atoms with van der Waals surface area (Å²) in [7, 11) is 0. The Labute approximate surface area is 115 Å². The van der Waals surface area contributed by atoms with Crippen LogP contribution >= 0.6 is 0 Å². The Bertz CT molecular complexity index is 623. The Hall–Kier alpha value is -2.39. The van der Waals surface area contributed by atoms with E-state index in [2.05, 4.69) is 9.73 Å². The molecule has 114 valence electrons. The van der Waals surface area contributed by atoms with Crippen molar-refractivity contribution in [2.24, 2.45) is 10.7 Å². The van der Waals surface area contributed by atoms with Crippen molar-refractivity contribution >= 4 is 11.7 Å². The van der Waals surface area contributed by atoms with Crippen molar-refractivity contribution in [2.45, 2.75) is 11.5 Å². The third-order valence-electron chi connectivity index (χ3n) is 3.11. The van der Waals surface area contributed by atoms with E-state index in [-0.39, 0.29) is 0 Å². The van der Waals surface area contributed by atoms with Crippen molar-refractivity contribution in [1.29, 1.82) is 0 Å². The van der Waals surface area contributed by atoms with Crippen molar-refractivity contribution in [3.05, 3.63) is 39.7 Å². The van der Waals surface area contributed by atoms with Crippen LogP contribution in [0.2, 0.25) is 0 Å². The van der Waals surface area contributed by atoms with E-state index in [9.17, 15) is 27.7 Å². The number of nitrogens with zero attached hydrogens (tertiary/aromatic N) is 2. The largest absolute Gasteiger partial charge is 0.459 e. The summed E-state index contributed by atoms with van der Waals surface area (Å²) in [5, 5.41) is 10.7. The summed E-state index contributed by atoms with van der Waals surface area (Å²) in [5.41, 5.74) is 0.549. The molecule has 21 heavy (non-hydrogen) atoms. The van der Waals surface area contributed by atoms with Gasteiger partial charge in [0, 0.05) is 17.7 Å². The minimum atomic E-state index is -3.93. The number of rotatable bonds is 3. The van der Waals surface area contributed by atoms with Gasteiger partial charge in [0.25, 0.3) is 11.7 Å². The van der Waals surface area contributed by atoms with Crippen LogP contribution in [0, 0.1) is 15.9 Å². The van der Waals surface area contributed by atoms with E-state index in [0.717, 1.165) is 6.07 Å². The summed E-state index contributed by atoms with van der Waals surface area (Å²) in [6.45, 7) is -3.11. The maximum Gasteiger partial charge on any atom is 0.313 e. The van der Waals surface area contributed by atoms with Gasteiger partial charge in [-0.05, 0) is 6.07 Å². The van der Waals surface area contributed by atoms with Gasteiger partial charge >= 0.3 is 5.92 Å². The zero-order valence-electron chi connectivity index (χ0n) is 10.4. The first kappa shape index (κ1) is 15.0. The van der Waals surface area contributed by atoms with Crippen molar-refractivity contribution in [2.75, 3.05) is 13.3 Å². The van der Waals surface area contributed by atoms with Gasteiger partial charge in [0.05, 0.1) is 4.92 Å². The number of halogens is 4. The molecule has 0 aliphatic carbocycles. The van der Waals surface area contributed by atoms with Crippen molar-refractivity contribution in [3.8, 4) is 0 Å². The number of hydrogen-bond acceptors (Lipinski definition) is 5. The van der Waals surface area contributed by atoms with Gasteiger partial charge in [-0.25, -0.2) is 13.8 Å². The number of alkyl halides is 3. The average molecular weight is 307 g/mol. The highest BCUT2D eigenvalue weighted by molar-refractivity contribution is 5.73. The number of non-ortho nitro benzene ring substituents is 1. The van der Waals surface area contributed by atoms with E-state index in [1.54, 1.807) is 0 Å². The first-order valence-corrected chi connectivity index (χ1v) is 5.60. The second-order valence-corrected chi connectivity index (χ2v) is 4.36. The fourth-order valence-electron chi connectivity index (χ4n) is 1.99. The molecule has 0 bridgehead atoms. The number of nitro benzene ring substituents is 1. The fraction of sp³-hybridized carbons (Fsp3) is 0.364. The summed E-state index contributed by atoms with van der Waals surface area (Å²) in [5.74, 6) is -5.18. The molecule has 0 saturated heterocycles. The van der Waals surface area contributed by atoms with Crippen LogP contribution in [0.15, 0.2) is 23.2 Å². The van der Waals surface area contributed by atoms with Crippen LogP contribution in [0.5, 0.6) is 0 Å². The molecule has 1 atom stereocenters. The van der Waals surface area contributed by atoms with E-state index < -0.39 is 52.8 Å². The second kappa shape index (κ2) is 4.86. The van der Waals surface area contributed by atoms with Crippen LogP contribution in [0.4, 0.5) is 23.2 Å². The number of amidine groups is 1. The van der Waals surface area contributed by atoms with Crippen LogP contribution in [0.25, 0.3) is 0 Å². The predicted octanol–water partition coefficient (Wildman–Crippen LogP) is 1.88. The molecule has 0 aromatic heterocycles. The number of aliphatic imine (C=N–C) groups is 1. The molecule has 6 nitrogen and oxygen atoms in total. The fourth-order valence-corrected chi connectivity index (χ4v) is 1.99. The molecule has 0 fully saturated rings. The Kier molecular flexibility index (Phi) is 3.47. The molecule has 0 radical (unpaired) electrons. The second-order valence-electron chi connectivity index (χ2n) is 4.36. The molecule has 10 heteroatoms. The predicted molar refractivity (Wildman–Crippen MR) is 63.2 cm³/mol. The molecule has 1 aromatic carbocycles. The molecule has 1 heterocycles. The highest BCUT2D eigenvalue weighted by atomic mass is 19.3. The van der Waals surface area contributed by atoms with Crippen molar-refractivity contribution < 1.29 is 27.2 Å². The first-order valence-electron chi connectivity index (χ1n) is 5.60. The SMILES string of the molecule is NC1=N[C@](CF)(c2cc([N+](=O)[O-])ccc2F)C(F)(F)CO1. The third-order valence-corrected chi connectivity index (χ3v) is 3.11. The average Bonchev–Trinajstić information content (AvgIpc) is 2.42. The van der Waals surface area contributed by atoms with E-state index in [0.29, 0.717) is 12.1 Å². The lowest BCUT2D eigenvalue weighted by molar-refractivity contribution is -0.385. The molecule has 1 aliphatic heterocycles. The molecule has 0 saturated carbocycles. The molecular formula is C11H9F4N3O3. The van der Waals surface area contributed by atoms with Crippen LogP contribution in [0.3, 0.4) is 0 Å². The van der Waals surface area contributed by atoms with E-state index in [4.69, 9.17) is 5.73 Å². The van der Waals surface area contributed by atoms with Gasteiger partial charge in [-0.3, -0.25) is 10.1 Å². The lowest BCUT2D eigenvalue weighted by Crippen LogP contribution is -2.54. The molecule has 2 rings (SSSR count). The van der Waals surface area contributed by atoms with Gasteiger partial charge in [-0.15, -0.1) is 0 Å². The smallest absolute Gasteiger partial charge is 0.313 e. The summed E-state index contributed by atoms with van der Waals surface area (Å²) < 4.78 is 59.6. The molecule has 2 N–H and O–H groups in total. The topological polar surface area (TPSA) is 90.8 Å².